The molecule has 1 fully saturated rings. The molecule has 1 saturated carbocycles. The van der Waals surface area contributed by atoms with Gasteiger partial charge >= 0.3 is 12.1 Å². The summed E-state index contributed by atoms with van der Waals surface area (Å²) in [5.74, 6) is -0.581. The Bertz CT molecular complexity index is 454. The molecule has 8 heteroatoms. The van der Waals surface area contributed by atoms with Gasteiger partial charge in [-0.1, -0.05) is 5.11 Å². The van der Waals surface area contributed by atoms with Gasteiger partial charge in [-0.05, 0) is 52.5 Å². The molecule has 1 aliphatic carbocycles. The Kier molecular flexibility index (Phi) is 6.49. The number of hydrogen-bond acceptors (Lipinski definition) is 5. The predicted molar refractivity (Wildman–Crippen MR) is 80.1 cm³/mol. The molecule has 0 aromatic heterocycles. The van der Waals surface area contributed by atoms with E-state index in [0.717, 1.165) is 0 Å². The van der Waals surface area contributed by atoms with Crippen LogP contribution < -0.4 is 5.32 Å². The minimum atomic E-state index is -0.618. The quantitative estimate of drug-likeness (QED) is 0.372. The van der Waals surface area contributed by atoms with Crippen LogP contribution in [0.4, 0.5) is 4.79 Å². The third-order valence-electron chi connectivity index (χ3n) is 3.34. The highest BCUT2D eigenvalue weighted by Gasteiger charge is 2.35. The molecule has 0 spiro atoms. The summed E-state index contributed by atoms with van der Waals surface area (Å²) in [6.07, 6.45) is 0.894. The summed E-state index contributed by atoms with van der Waals surface area (Å²) in [6, 6.07) is -0.822. The monoisotopic (exact) mass is 312 g/mol. The van der Waals surface area contributed by atoms with Gasteiger partial charge in [-0.3, -0.25) is 4.79 Å². The first kappa shape index (κ1) is 18.1. The smallest absolute Gasteiger partial charge is 0.407 e. The average Bonchev–Trinajstić information content (AvgIpc) is 2.39. The number of amides is 1. The Morgan fingerprint density at radius 1 is 1.36 bits per heavy atom. The van der Waals surface area contributed by atoms with Gasteiger partial charge in [0.2, 0.25) is 0 Å². The molecule has 8 nitrogen and oxygen atoms in total. The summed E-state index contributed by atoms with van der Waals surface area (Å²) < 4.78 is 10.2. The van der Waals surface area contributed by atoms with Crippen LogP contribution in [0.15, 0.2) is 5.11 Å². The van der Waals surface area contributed by atoms with E-state index in [1.165, 1.54) is 0 Å². The number of nitrogens with zero attached hydrogens (tertiary/aromatic N) is 3. The molecule has 3 atom stereocenters. The van der Waals surface area contributed by atoms with Crippen LogP contribution in [0.2, 0.25) is 0 Å². The number of rotatable bonds is 4. The van der Waals surface area contributed by atoms with Gasteiger partial charge in [0.25, 0.3) is 0 Å². The molecule has 1 amide bonds. The van der Waals surface area contributed by atoms with Gasteiger partial charge in [0.05, 0.1) is 18.6 Å². The van der Waals surface area contributed by atoms with E-state index < -0.39 is 17.7 Å². The number of esters is 1. The zero-order valence-corrected chi connectivity index (χ0v) is 13.5. The Hall–Kier alpha value is -1.95. The molecular formula is C14H24N4O4. The first-order valence-corrected chi connectivity index (χ1v) is 7.47. The van der Waals surface area contributed by atoms with Gasteiger partial charge in [0, 0.05) is 11.0 Å². The molecular weight excluding hydrogens is 288 g/mol. The molecule has 1 rings (SSSR count). The fraction of sp³-hybridized carbons (Fsp3) is 0.857. The number of azide groups is 1. The van der Waals surface area contributed by atoms with Crippen molar-refractivity contribution in [1.29, 1.82) is 0 Å². The van der Waals surface area contributed by atoms with Crippen molar-refractivity contribution in [1.82, 2.24) is 5.32 Å². The molecule has 0 aliphatic heterocycles. The Labute approximate surface area is 130 Å². The molecule has 1 aliphatic rings. The largest absolute Gasteiger partial charge is 0.466 e. The van der Waals surface area contributed by atoms with Crippen LogP contribution in [0.25, 0.3) is 10.4 Å². The molecule has 0 aromatic rings. The van der Waals surface area contributed by atoms with Crippen LogP contribution in [0, 0.1) is 5.92 Å². The van der Waals surface area contributed by atoms with Crippen molar-refractivity contribution in [2.24, 2.45) is 11.0 Å². The molecule has 0 heterocycles. The zero-order valence-electron chi connectivity index (χ0n) is 13.5. The average molecular weight is 312 g/mol. The fourth-order valence-electron chi connectivity index (χ4n) is 2.45. The predicted octanol–water partition coefficient (Wildman–Crippen LogP) is 2.92. The minimum absolute atomic E-state index is 0.280. The summed E-state index contributed by atoms with van der Waals surface area (Å²) in [5, 5.41) is 6.42. The number of hydrogen-bond donors (Lipinski definition) is 1. The Morgan fingerprint density at radius 2 is 2.05 bits per heavy atom. The zero-order chi connectivity index (χ0) is 16.8. The number of carbonyl (C=O) groups is 2. The standard InChI is InChI=1S/C14H24N4O4/c1-5-21-12(19)9-6-7-10(17-18-15)11(8-9)16-13(20)22-14(2,3)4/h9-11H,5-8H2,1-4H3,(H,16,20)/t9-,10?,11+/m0/s1. The van der Waals surface area contributed by atoms with Gasteiger partial charge in [-0.2, -0.15) is 0 Å². The van der Waals surface area contributed by atoms with Crippen molar-refractivity contribution < 1.29 is 19.1 Å². The van der Waals surface area contributed by atoms with Crippen LogP contribution in [-0.4, -0.2) is 36.4 Å². The van der Waals surface area contributed by atoms with Crippen molar-refractivity contribution in [2.45, 2.75) is 64.6 Å². The Morgan fingerprint density at radius 3 is 2.59 bits per heavy atom. The lowest BCUT2D eigenvalue weighted by molar-refractivity contribution is -0.149. The molecule has 22 heavy (non-hydrogen) atoms. The van der Waals surface area contributed by atoms with Crippen molar-refractivity contribution in [3.05, 3.63) is 10.4 Å². The van der Waals surface area contributed by atoms with Gasteiger partial charge < -0.3 is 14.8 Å². The van der Waals surface area contributed by atoms with Crippen molar-refractivity contribution in [3.63, 3.8) is 0 Å². The number of alkyl carbamates (subject to hydrolysis) is 1. The summed E-state index contributed by atoms with van der Waals surface area (Å²) in [7, 11) is 0. The number of ether oxygens (including phenoxy) is 2. The third-order valence-corrected chi connectivity index (χ3v) is 3.34. The van der Waals surface area contributed by atoms with E-state index >= 15 is 0 Å². The highest BCUT2D eigenvalue weighted by Crippen LogP contribution is 2.28. The molecule has 1 unspecified atom stereocenters. The molecule has 1 N–H and O–H groups in total. The van der Waals surface area contributed by atoms with E-state index in [1.807, 2.05) is 0 Å². The van der Waals surface area contributed by atoms with Gasteiger partial charge in [0.15, 0.2) is 0 Å². The van der Waals surface area contributed by atoms with E-state index in [9.17, 15) is 9.59 Å². The normalized spacial score (nSPS) is 24.8. The number of carbonyl (C=O) groups excluding carboxylic acids is 2. The van der Waals surface area contributed by atoms with Crippen molar-refractivity contribution >= 4 is 12.1 Å². The summed E-state index contributed by atoms with van der Waals surface area (Å²) in [6.45, 7) is 7.36. The van der Waals surface area contributed by atoms with Gasteiger partial charge in [-0.25, -0.2) is 4.79 Å². The first-order valence-electron chi connectivity index (χ1n) is 7.47. The second-order valence-corrected chi connectivity index (χ2v) is 6.29. The maximum Gasteiger partial charge on any atom is 0.407 e. The van der Waals surface area contributed by atoms with Crippen LogP contribution in [-0.2, 0) is 14.3 Å². The summed E-state index contributed by atoms with van der Waals surface area (Å²) >= 11 is 0. The lowest BCUT2D eigenvalue weighted by Crippen LogP contribution is -2.49. The molecule has 0 bridgehead atoms. The summed E-state index contributed by atoms with van der Waals surface area (Å²) in [5.41, 5.74) is 8.02. The van der Waals surface area contributed by atoms with E-state index in [2.05, 4.69) is 15.3 Å². The molecule has 124 valence electrons. The molecule has 0 saturated heterocycles. The second-order valence-electron chi connectivity index (χ2n) is 6.29. The maximum absolute atomic E-state index is 11.9. The third kappa shape index (κ3) is 5.81. The van der Waals surface area contributed by atoms with Crippen LogP contribution >= 0.6 is 0 Å². The molecule has 0 radical (unpaired) electrons. The maximum atomic E-state index is 11.9. The van der Waals surface area contributed by atoms with E-state index in [1.54, 1.807) is 27.7 Å². The number of nitrogens with one attached hydrogen (secondary N) is 1. The Balaban J connectivity index is 2.73. The van der Waals surface area contributed by atoms with E-state index in [0.29, 0.717) is 25.9 Å². The van der Waals surface area contributed by atoms with Crippen LogP contribution in [0.3, 0.4) is 0 Å². The van der Waals surface area contributed by atoms with Gasteiger partial charge in [0.1, 0.15) is 5.60 Å². The first-order chi connectivity index (χ1) is 10.3. The molecule has 0 aromatic carbocycles. The van der Waals surface area contributed by atoms with Gasteiger partial charge in [-0.15, -0.1) is 0 Å². The second kappa shape index (κ2) is 7.89. The van der Waals surface area contributed by atoms with E-state index in [-0.39, 0.29) is 17.9 Å². The highest BCUT2D eigenvalue weighted by atomic mass is 16.6. The lowest BCUT2D eigenvalue weighted by atomic mass is 9.82. The van der Waals surface area contributed by atoms with Crippen LogP contribution in [0.5, 0.6) is 0 Å². The SMILES string of the molecule is CCOC(=O)[C@H]1CCC(N=[N+]=[N-])[C@H](NC(=O)OC(C)(C)C)C1. The highest BCUT2D eigenvalue weighted by molar-refractivity contribution is 5.73. The summed E-state index contributed by atoms with van der Waals surface area (Å²) in [4.78, 5) is 26.6. The van der Waals surface area contributed by atoms with Crippen molar-refractivity contribution in [3.8, 4) is 0 Å². The van der Waals surface area contributed by atoms with Crippen molar-refractivity contribution in [2.75, 3.05) is 6.61 Å². The topological polar surface area (TPSA) is 113 Å². The van der Waals surface area contributed by atoms with E-state index in [4.69, 9.17) is 15.0 Å². The fourth-order valence-corrected chi connectivity index (χ4v) is 2.45. The lowest BCUT2D eigenvalue weighted by Gasteiger charge is -2.33. The minimum Gasteiger partial charge on any atom is -0.466 e. The van der Waals surface area contributed by atoms with Crippen LogP contribution in [0.1, 0.15) is 47.0 Å².